The first-order chi connectivity index (χ1) is 10.2. The number of aliphatic hydroxyl groups excluding tert-OH is 1. The highest BCUT2D eigenvalue weighted by atomic mass is 16.3. The van der Waals surface area contributed by atoms with Crippen molar-refractivity contribution in [3.8, 4) is 0 Å². The molecule has 0 aromatic rings. The molecule has 1 fully saturated rings. The number of amides is 1. The van der Waals surface area contributed by atoms with Gasteiger partial charge in [-0.3, -0.25) is 9.69 Å². The second-order valence-corrected chi connectivity index (χ2v) is 6.14. The van der Waals surface area contributed by atoms with Crippen molar-refractivity contribution in [2.45, 2.75) is 77.8 Å². The van der Waals surface area contributed by atoms with Crippen LogP contribution in [0.15, 0.2) is 0 Å². The lowest BCUT2D eigenvalue weighted by molar-refractivity contribution is -0.136. The Hall–Kier alpha value is -0.610. The summed E-state index contributed by atoms with van der Waals surface area (Å²) in [5.41, 5.74) is 0. The van der Waals surface area contributed by atoms with Crippen LogP contribution in [0.2, 0.25) is 0 Å². The predicted molar refractivity (Wildman–Crippen MR) is 87.3 cm³/mol. The largest absolute Gasteiger partial charge is 0.395 e. The van der Waals surface area contributed by atoms with Gasteiger partial charge in [0.2, 0.25) is 5.91 Å². The average Bonchev–Trinajstić information content (AvgIpc) is 2.50. The van der Waals surface area contributed by atoms with E-state index in [4.69, 9.17) is 0 Å². The molecule has 4 nitrogen and oxygen atoms in total. The second kappa shape index (κ2) is 10.2. The van der Waals surface area contributed by atoms with Crippen LogP contribution in [0.3, 0.4) is 0 Å². The zero-order valence-electron chi connectivity index (χ0n) is 14.2. The maximum atomic E-state index is 12.7. The van der Waals surface area contributed by atoms with Crippen molar-refractivity contribution in [3.05, 3.63) is 0 Å². The van der Waals surface area contributed by atoms with E-state index < -0.39 is 0 Å². The van der Waals surface area contributed by atoms with Gasteiger partial charge < -0.3 is 10.0 Å². The van der Waals surface area contributed by atoms with Crippen LogP contribution < -0.4 is 0 Å². The zero-order valence-corrected chi connectivity index (χ0v) is 14.2. The van der Waals surface area contributed by atoms with Crippen molar-refractivity contribution in [1.82, 2.24) is 9.80 Å². The molecule has 4 heteroatoms. The summed E-state index contributed by atoms with van der Waals surface area (Å²) in [5.74, 6) is 0.241. The Morgan fingerprint density at radius 2 is 1.76 bits per heavy atom. The highest BCUT2D eigenvalue weighted by Gasteiger charge is 2.26. The third-order valence-electron chi connectivity index (χ3n) is 4.86. The SMILES string of the molecule is CCC(CC)N(CCO)CC(=O)N(CC)C1CCCCC1. The number of likely N-dealkylation sites (N-methyl/N-ethyl adjacent to an activating group) is 1. The van der Waals surface area contributed by atoms with Crippen LogP contribution in [-0.4, -0.2) is 59.1 Å². The van der Waals surface area contributed by atoms with Gasteiger partial charge in [-0.1, -0.05) is 33.1 Å². The van der Waals surface area contributed by atoms with Gasteiger partial charge in [0, 0.05) is 25.2 Å². The van der Waals surface area contributed by atoms with E-state index in [0.717, 1.165) is 32.2 Å². The van der Waals surface area contributed by atoms with Gasteiger partial charge in [0.05, 0.1) is 13.2 Å². The van der Waals surface area contributed by atoms with Gasteiger partial charge in [-0.15, -0.1) is 0 Å². The van der Waals surface area contributed by atoms with Crippen molar-refractivity contribution in [1.29, 1.82) is 0 Å². The Balaban J connectivity index is 2.64. The summed E-state index contributed by atoms with van der Waals surface area (Å²) in [5, 5.41) is 9.27. The number of hydrogen-bond donors (Lipinski definition) is 1. The van der Waals surface area contributed by atoms with Gasteiger partial charge in [-0.05, 0) is 32.6 Å². The number of aliphatic hydroxyl groups is 1. The number of nitrogens with zero attached hydrogens (tertiary/aromatic N) is 2. The van der Waals surface area contributed by atoms with E-state index in [-0.39, 0.29) is 12.5 Å². The first-order valence-electron chi connectivity index (χ1n) is 8.82. The Kier molecular flexibility index (Phi) is 8.93. The van der Waals surface area contributed by atoms with Crippen molar-refractivity contribution in [2.75, 3.05) is 26.2 Å². The van der Waals surface area contributed by atoms with E-state index in [2.05, 4.69) is 30.6 Å². The third-order valence-corrected chi connectivity index (χ3v) is 4.86. The monoisotopic (exact) mass is 298 g/mol. The molecule has 124 valence electrons. The molecule has 0 radical (unpaired) electrons. The van der Waals surface area contributed by atoms with Gasteiger partial charge in [0.15, 0.2) is 0 Å². The number of hydrogen-bond acceptors (Lipinski definition) is 3. The molecule has 0 atom stereocenters. The van der Waals surface area contributed by atoms with Gasteiger partial charge in [0.1, 0.15) is 0 Å². The molecule has 0 aromatic carbocycles. The second-order valence-electron chi connectivity index (χ2n) is 6.14. The Labute approximate surface area is 130 Å². The highest BCUT2D eigenvalue weighted by molar-refractivity contribution is 5.78. The summed E-state index contributed by atoms with van der Waals surface area (Å²) < 4.78 is 0. The molecule has 1 rings (SSSR count). The maximum Gasteiger partial charge on any atom is 0.236 e. The minimum atomic E-state index is 0.124. The quantitative estimate of drug-likeness (QED) is 0.711. The van der Waals surface area contributed by atoms with E-state index in [1.807, 2.05) is 0 Å². The van der Waals surface area contributed by atoms with Crippen molar-refractivity contribution < 1.29 is 9.90 Å². The molecule has 0 unspecified atom stereocenters. The lowest BCUT2D eigenvalue weighted by Gasteiger charge is -2.36. The maximum absolute atomic E-state index is 12.7. The number of carbonyl (C=O) groups excluding carboxylic acids is 1. The molecule has 1 amide bonds. The van der Waals surface area contributed by atoms with Crippen LogP contribution in [0, 0.1) is 0 Å². The summed E-state index contributed by atoms with van der Waals surface area (Å²) in [6.07, 6.45) is 8.18. The van der Waals surface area contributed by atoms with Crippen LogP contribution in [0.25, 0.3) is 0 Å². The number of carbonyl (C=O) groups is 1. The van der Waals surface area contributed by atoms with Crippen LogP contribution in [0.5, 0.6) is 0 Å². The van der Waals surface area contributed by atoms with Crippen LogP contribution in [-0.2, 0) is 4.79 Å². The lowest BCUT2D eigenvalue weighted by Crippen LogP contribution is -2.49. The minimum Gasteiger partial charge on any atom is -0.395 e. The lowest BCUT2D eigenvalue weighted by atomic mass is 9.94. The normalized spacial score (nSPS) is 16.7. The van der Waals surface area contributed by atoms with Crippen molar-refractivity contribution in [2.24, 2.45) is 0 Å². The minimum absolute atomic E-state index is 0.124. The fourth-order valence-corrected chi connectivity index (χ4v) is 3.62. The molecule has 0 aromatic heterocycles. The van der Waals surface area contributed by atoms with Crippen LogP contribution in [0.1, 0.15) is 65.7 Å². The fraction of sp³-hybridized carbons (Fsp3) is 0.941. The first kappa shape index (κ1) is 18.4. The molecule has 1 N–H and O–H groups in total. The third kappa shape index (κ3) is 5.59. The Bertz CT molecular complexity index is 287. The molecule has 1 aliphatic rings. The van der Waals surface area contributed by atoms with E-state index in [0.29, 0.717) is 25.2 Å². The molecule has 0 saturated heterocycles. The molecule has 0 heterocycles. The summed E-state index contributed by atoms with van der Waals surface area (Å²) in [7, 11) is 0. The first-order valence-corrected chi connectivity index (χ1v) is 8.82. The fourth-order valence-electron chi connectivity index (χ4n) is 3.62. The van der Waals surface area contributed by atoms with Crippen LogP contribution in [0.4, 0.5) is 0 Å². The molecular formula is C17H34N2O2. The van der Waals surface area contributed by atoms with Crippen LogP contribution >= 0.6 is 0 Å². The van der Waals surface area contributed by atoms with Crippen molar-refractivity contribution >= 4 is 5.91 Å². The topological polar surface area (TPSA) is 43.8 Å². The Morgan fingerprint density at radius 1 is 1.14 bits per heavy atom. The molecule has 1 saturated carbocycles. The predicted octanol–water partition coefficient (Wildman–Crippen LogP) is 2.65. The van der Waals surface area contributed by atoms with E-state index in [9.17, 15) is 9.90 Å². The smallest absolute Gasteiger partial charge is 0.236 e. The standard InChI is InChI=1S/C17H34N2O2/c1-4-15(5-2)18(12-13-20)14-17(21)19(6-3)16-10-8-7-9-11-16/h15-16,20H,4-14H2,1-3H3. The van der Waals surface area contributed by atoms with E-state index >= 15 is 0 Å². The molecule has 0 bridgehead atoms. The van der Waals surface area contributed by atoms with Crippen molar-refractivity contribution in [3.63, 3.8) is 0 Å². The molecule has 1 aliphatic carbocycles. The highest BCUT2D eigenvalue weighted by Crippen LogP contribution is 2.23. The van der Waals surface area contributed by atoms with Gasteiger partial charge in [-0.2, -0.15) is 0 Å². The summed E-state index contributed by atoms with van der Waals surface area (Å²) in [4.78, 5) is 16.9. The number of rotatable bonds is 9. The summed E-state index contributed by atoms with van der Waals surface area (Å²) >= 11 is 0. The molecular weight excluding hydrogens is 264 g/mol. The van der Waals surface area contributed by atoms with Gasteiger partial charge >= 0.3 is 0 Å². The summed E-state index contributed by atoms with van der Waals surface area (Å²) in [6.45, 7) is 8.37. The zero-order chi connectivity index (χ0) is 15.7. The summed E-state index contributed by atoms with van der Waals surface area (Å²) in [6, 6.07) is 0.833. The van der Waals surface area contributed by atoms with E-state index in [1.54, 1.807) is 0 Å². The van der Waals surface area contributed by atoms with Gasteiger partial charge in [-0.25, -0.2) is 0 Å². The Morgan fingerprint density at radius 3 is 2.24 bits per heavy atom. The van der Waals surface area contributed by atoms with E-state index in [1.165, 1.54) is 19.3 Å². The molecule has 0 spiro atoms. The average molecular weight is 298 g/mol. The molecule has 0 aliphatic heterocycles. The van der Waals surface area contributed by atoms with Gasteiger partial charge in [0.25, 0.3) is 0 Å². The molecule has 21 heavy (non-hydrogen) atoms.